The Bertz CT molecular complexity index is 87.1. The van der Waals surface area contributed by atoms with Crippen molar-refractivity contribution in [2.75, 3.05) is 13.2 Å². The second-order valence-electron chi connectivity index (χ2n) is 2.55. The zero-order valence-corrected chi connectivity index (χ0v) is 6.00. The van der Waals surface area contributed by atoms with Crippen molar-refractivity contribution < 1.29 is 4.74 Å². The Morgan fingerprint density at radius 1 is 1.56 bits per heavy atom. The molecule has 1 heterocycles. The van der Waals surface area contributed by atoms with Crippen LogP contribution in [0.4, 0.5) is 0 Å². The lowest BCUT2D eigenvalue weighted by Gasteiger charge is -2.34. The first-order chi connectivity index (χ1) is 4.22. The standard InChI is InChI=1S/C6H14N2O/c1-5-6(2)9-4-3-8(5)7/h5-6H,3-4,7H2,1-2H3/t5-,6+/m0/s1. The van der Waals surface area contributed by atoms with E-state index in [0.29, 0.717) is 6.04 Å². The molecule has 9 heavy (non-hydrogen) atoms. The number of morpholine rings is 1. The minimum atomic E-state index is 0.281. The predicted molar refractivity (Wildman–Crippen MR) is 35.8 cm³/mol. The maximum atomic E-state index is 5.62. The normalized spacial score (nSPS) is 39.0. The van der Waals surface area contributed by atoms with E-state index in [0.717, 1.165) is 13.2 Å². The lowest BCUT2D eigenvalue weighted by molar-refractivity contribution is -0.0557. The molecule has 1 aliphatic heterocycles. The predicted octanol–water partition coefficient (Wildman–Crippen LogP) is -0.0307. The number of nitrogens with two attached hydrogens (primary N) is 1. The van der Waals surface area contributed by atoms with Gasteiger partial charge in [0, 0.05) is 12.6 Å². The average molecular weight is 130 g/mol. The summed E-state index contributed by atoms with van der Waals surface area (Å²) in [6, 6.07) is 0.360. The van der Waals surface area contributed by atoms with E-state index in [4.69, 9.17) is 10.6 Å². The molecule has 2 N–H and O–H groups in total. The van der Waals surface area contributed by atoms with E-state index < -0.39 is 0 Å². The highest BCUT2D eigenvalue weighted by Crippen LogP contribution is 2.08. The van der Waals surface area contributed by atoms with Gasteiger partial charge >= 0.3 is 0 Å². The first kappa shape index (κ1) is 6.99. The number of hydrogen-bond acceptors (Lipinski definition) is 3. The van der Waals surface area contributed by atoms with Crippen molar-refractivity contribution in [3.8, 4) is 0 Å². The number of nitrogens with zero attached hydrogens (tertiary/aromatic N) is 1. The number of rotatable bonds is 0. The first-order valence-electron chi connectivity index (χ1n) is 3.35. The van der Waals surface area contributed by atoms with Crippen LogP contribution < -0.4 is 5.84 Å². The zero-order valence-electron chi connectivity index (χ0n) is 6.00. The third-order valence-corrected chi connectivity index (χ3v) is 1.93. The molecule has 0 aromatic rings. The molecule has 0 spiro atoms. The summed E-state index contributed by atoms with van der Waals surface area (Å²) < 4.78 is 5.34. The van der Waals surface area contributed by atoms with Gasteiger partial charge in [0.25, 0.3) is 0 Å². The third kappa shape index (κ3) is 1.41. The van der Waals surface area contributed by atoms with E-state index >= 15 is 0 Å². The van der Waals surface area contributed by atoms with E-state index in [1.54, 1.807) is 0 Å². The highest BCUT2D eigenvalue weighted by molar-refractivity contribution is 4.72. The third-order valence-electron chi connectivity index (χ3n) is 1.93. The minimum Gasteiger partial charge on any atom is -0.375 e. The van der Waals surface area contributed by atoms with Crippen LogP contribution in [0.25, 0.3) is 0 Å². The van der Waals surface area contributed by atoms with Gasteiger partial charge in [-0.15, -0.1) is 0 Å². The lowest BCUT2D eigenvalue weighted by atomic mass is 10.2. The van der Waals surface area contributed by atoms with E-state index in [9.17, 15) is 0 Å². The molecule has 0 aliphatic carbocycles. The van der Waals surface area contributed by atoms with Crippen LogP contribution in [0.15, 0.2) is 0 Å². The van der Waals surface area contributed by atoms with Gasteiger partial charge < -0.3 is 4.74 Å². The van der Waals surface area contributed by atoms with Crippen LogP contribution in [0, 0.1) is 0 Å². The first-order valence-corrected chi connectivity index (χ1v) is 3.35. The van der Waals surface area contributed by atoms with Crippen LogP contribution in [0.1, 0.15) is 13.8 Å². The SMILES string of the molecule is C[C@H]1OCCN(N)[C@H]1C. The fourth-order valence-electron chi connectivity index (χ4n) is 0.957. The summed E-state index contributed by atoms with van der Waals surface area (Å²) in [6.45, 7) is 5.74. The maximum Gasteiger partial charge on any atom is 0.0714 e. The van der Waals surface area contributed by atoms with Crippen LogP contribution in [-0.4, -0.2) is 30.3 Å². The van der Waals surface area contributed by atoms with Gasteiger partial charge in [-0.2, -0.15) is 0 Å². The fourth-order valence-corrected chi connectivity index (χ4v) is 0.957. The quantitative estimate of drug-likeness (QED) is 0.468. The molecule has 0 aromatic heterocycles. The molecule has 3 heteroatoms. The molecule has 2 atom stereocenters. The Kier molecular flexibility index (Phi) is 2.05. The summed E-state index contributed by atoms with van der Waals surface area (Å²) in [6.07, 6.45) is 0.281. The molecule has 1 rings (SSSR count). The molecule has 0 aromatic carbocycles. The van der Waals surface area contributed by atoms with Crippen molar-refractivity contribution in [1.29, 1.82) is 0 Å². The fraction of sp³-hybridized carbons (Fsp3) is 1.00. The van der Waals surface area contributed by atoms with E-state index in [-0.39, 0.29) is 6.10 Å². The van der Waals surface area contributed by atoms with Crippen LogP contribution in [-0.2, 0) is 4.74 Å². The van der Waals surface area contributed by atoms with Crippen LogP contribution >= 0.6 is 0 Å². The van der Waals surface area contributed by atoms with E-state index in [1.807, 2.05) is 11.9 Å². The lowest BCUT2D eigenvalue weighted by Crippen LogP contribution is -2.51. The number of ether oxygens (including phenoxy) is 1. The van der Waals surface area contributed by atoms with Gasteiger partial charge in [0.2, 0.25) is 0 Å². The number of hydrazine groups is 1. The van der Waals surface area contributed by atoms with Gasteiger partial charge in [-0.3, -0.25) is 5.84 Å². The van der Waals surface area contributed by atoms with Gasteiger partial charge in [0.1, 0.15) is 0 Å². The van der Waals surface area contributed by atoms with Gasteiger partial charge in [-0.1, -0.05) is 0 Å². The molecule has 54 valence electrons. The summed E-state index contributed by atoms with van der Waals surface area (Å²) in [4.78, 5) is 0. The Morgan fingerprint density at radius 3 is 2.67 bits per heavy atom. The second kappa shape index (κ2) is 2.64. The smallest absolute Gasteiger partial charge is 0.0714 e. The van der Waals surface area contributed by atoms with Crippen molar-refractivity contribution in [1.82, 2.24) is 5.01 Å². The van der Waals surface area contributed by atoms with E-state index in [2.05, 4.69) is 6.92 Å². The Morgan fingerprint density at radius 2 is 2.22 bits per heavy atom. The topological polar surface area (TPSA) is 38.5 Å². The highest BCUT2D eigenvalue weighted by atomic mass is 16.5. The second-order valence-corrected chi connectivity index (χ2v) is 2.55. The van der Waals surface area contributed by atoms with Crippen molar-refractivity contribution in [3.63, 3.8) is 0 Å². The molecule has 1 aliphatic rings. The van der Waals surface area contributed by atoms with Crippen molar-refractivity contribution in [3.05, 3.63) is 0 Å². The van der Waals surface area contributed by atoms with Gasteiger partial charge in [-0.05, 0) is 13.8 Å². The molecule has 1 saturated heterocycles. The summed E-state index contributed by atoms with van der Waals surface area (Å²) in [5, 5.41) is 1.83. The van der Waals surface area contributed by atoms with Crippen molar-refractivity contribution in [2.45, 2.75) is 26.0 Å². The van der Waals surface area contributed by atoms with Crippen molar-refractivity contribution >= 4 is 0 Å². The summed E-state index contributed by atoms with van der Waals surface area (Å²) in [5.74, 6) is 5.62. The van der Waals surface area contributed by atoms with Crippen LogP contribution in [0.3, 0.4) is 0 Å². The molecule has 0 radical (unpaired) electrons. The van der Waals surface area contributed by atoms with Gasteiger partial charge in [-0.25, -0.2) is 5.01 Å². The average Bonchev–Trinajstić information content (AvgIpc) is 1.83. The maximum absolute atomic E-state index is 5.62. The monoisotopic (exact) mass is 130 g/mol. The Balaban J connectivity index is 2.41. The molecule has 3 nitrogen and oxygen atoms in total. The molecular weight excluding hydrogens is 116 g/mol. The Labute approximate surface area is 55.7 Å². The van der Waals surface area contributed by atoms with Gasteiger partial charge in [0.15, 0.2) is 0 Å². The van der Waals surface area contributed by atoms with Crippen LogP contribution in [0.5, 0.6) is 0 Å². The van der Waals surface area contributed by atoms with E-state index in [1.165, 1.54) is 0 Å². The largest absolute Gasteiger partial charge is 0.375 e. The summed E-state index contributed by atoms with van der Waals surface area (Å²) in [5.41, 5.74) is 0. The molecule has 1 fully saturated rings. The van der Waals surface area contributed by atoms with Gasteiger partial charge in [0.05, 0.1) is 12.7 Å². The van der Waals surface area contributed by atoms with Crippen LogP contribution in [0.2, 0.25) is 0 Å². The molecule has 0 bridgehead atoms. The number of hydrogen-bond donors (Lipinski definition) is 1. The molecular formula is C6H14N2O. The zero-order chi connectivity index (χ0) is 6.85. The molecule has 0 amide bonds. The summed E-state index contributed by atoms with van der Waals surface area (Å²) in [7, 11) is 0. The summed E-state index contributed by atoms with van der Waals surface area (Å²) >= 11 is 0. The Hall–Kier alpha value is -0.120. The minimum absolute atomic E-state index is 0.281. The highest BCUT2D eigenvalue weighted by Gasteiger charge is 2.22. The van der Waals surface area contributed by atoms with Crippen molar-refractivity contribution in [2.24, 2.45) is 5.84 Å². The molecule has 0 unspecified atom stereocenters. The molecule has 0 saturated carbocycles.